The van der Waals surface area contributed by atoms with Crippen LogP contribution in [0, 0.1) is 6.92 Å². The van der Waals surface area contributed by atoms with Crippen LogP contribution in [0.15, 0.2) is 29.3 Å². The molecular weight excluding hydrogens is 297 g/mol. The molecule has 0 fully saturated rings. The number of hydrogen-bond donors (Lipinski definition) is 0. The van der Waals surface area contributed by atoms with E-state index in [1.807, 2.05) is 25.1 Å². The van der Waals surface area contributed by atoms with Gasteiger partial charge in [0.15, 0.2) is 5.69 Å². The number of hydrogen-bond acceptors (Lipinski definition) is 2. The van der Waals surface area contributed by atoms with Gasteiger partial charge in [-0.05, 0) is 30.7 Å². The van der Waals surface area contributed by atoms with E-state index in [0.717, 1.165) is 28.8 Å². The van der Waals surface area contributed by atoms with Crippen LogP contribution in [-0.2, 0) is 13.2 Å². The molecule has 1 heterocycles. The largest absolute Gasteiger partial charge is 0.434 e. The molecule has 0 amide bonds. The zero-order valence-corrected chi connectivity index (χ0v) is 13.0. The van der Waals surface area contributed by atoms with E-state index in [1.54, 1.807) is 18.8 Å². The summed E-state index contributed by atoms with van der Waals surface area (Å²) in [5.74, 6) is 1.32. The lowest BCUT2D eigenvalue weighted by molar-refractivity contribution is -0.140. The molecule has 6 heteroatoms. The summed E-state index contributed by atoms with van der Waals surface area (Å²) < 4.78 is 39.6. The second kappa shape index (κ2) is 6.13. The Balaban J connectivity index is 2.40. The van der Waals surface area contributed by atoms with Crippen LogP contribution in [0.5, 0.6) is 0 Å². The average Bonchev–Trinajstić information content (AvgIpc) is 2.80. The number of rotatable bonds is 4. The van der Waals surface area contributed by atoms with Crippen molar-refractivity contribution in [3.05, 3.63) is 35.7 Å². The van der Waals surface area contributed by atoms with Crippen molar-refractivity contribution in [3.8, 4) is 11.4 Å². The number of halogens is 3. The summed E-state index contributed by atoms with van der Waals surface area (Å²) in [7, 11) is 1.58. The Labute approximate surface area is 126 Å². The molecule has 0 aliphatic heterocycles. The van der Waals surface area contributed by atoms with Crippen molar-refractivity contribution >= 4 is 11.8 Å². The van der Waals surface area contributed by atoms with Gasteiger partial charge in [-0.15, -0.1) is 11.8 Å². The van der Waals surface area contributed by atoms with Crippen molar-refractivity contribution < 1.29 is 13.2 Å². The van der Waals surface area contributed by atoms with E-state index < -0.39 is 11.9 Å². The van der Waals surface area contributed by atoms with Gasteiger partial charge in [-0.2, -0.15) is 13.2 Å². The maximum Gasteiger partial charge on any atom is 0.434 e. The highest BCUT2D eigenvalue weighted by atomic mass is 32.2. The van der Waals surface area contributed by atoms with Crippen LogP contribution < -0.4 is 0 Å². The van der Waals surface area contributed by atoms with Gasteiger partial charge in [0.2, 0.25) is 0 Å². The van der Waals surface area contributed by atoms with Gasteiger partial charge in [0, 0.05) is 23.7 Å². The fourth-order valence-electron chi connectivity index (χ4n) is 1.98. The molecule has 114 valence electrons. The average molecular weight is 314 g/mol. The van der Waals surface area contributed by atoms with Crippen molar-refractivity contribution in [3.63, 3.8) is 0 Å². The third kappa shape index (κ3) is 3.61. The highest BCUT2D eigenvalue weighted by Gasteiger charge is 2.34. The first kappa shape index (κ1) is 15.9. The van der Waals surface area contributed by atoms with Crippen LogP contribution in [0.4, 0.5) is 13.2 Å². The fourth-order valence-corrected chi connectivity index (χ4v) is 2.91. The molecule has 0 radical (unpaired) electrons. The zero-order valence-electron chi connectivity index (χ0n) is 12.2. The first-order valence-corrected chi connectivity index (χ1v) is 7.66. The van der Waals surface area contributed by atoms with Crippen LogP contribution in [0.1, 0.15) is 24.6 Å². The molecule has 1 aromatic carbocycles. The lowest BCUT2D eigenvalue weighted by atomic mass is 10.1. The lowest BCUT2D eigenvalue weighted by Crippen LogP contribution is -2.04. The Hall–Kier alpha value is -1.43. The Morgan fingerprint density at radius 3 is 2.57 bits per heavy atom. The Morgan fingerprint density at radius 2 is 2.00 bits per heavy atom. The zero-order chi connectivity index (χ0) is 15.6. The quantitative estimate of drug-likeness (QED) is 0.746. The standard InChI is InChI=1S/C15H17F3N2S/c1-4-7-21-12-8-11(6-5-10(12)2)14-19-13(9-20(14)3)15(16,17)18/h5-6,8-9H,4,7H2,1-3H3. The van der Waals surface area contributed by atoms with E-state index >= 15 is 0 Å². The summed E-state index contributed by atoms with van der Waals surface area (Å²) in [6, 6.07) is 5.65. The molecule has 0 unspecified atom stereocenters. The summed E-state index contributed by atoms with van der Waals surface area (Å²) in [5, 5.41) is 0. The molecule has 0 saturated heterocycles. The maximum absolute atomic E-state index is 12.7. The molecule has 21 heavy (non-hydrogen) atoms. The van der Waals surface area contributed by atoms with E-state index in [9.17, 15) is 13.2 Å². The Morgan fingerprint density at radius 1 is 1.29 bits per heavy atom. The molecule has 2 rings (SSSR count). The second-order valence-electron chi connectivity index (χ2n) is 4.89. The lowest BCUT2D eigenvalue weighted by Gasteiger charge is -2.08. The topological polar surface area (TPSA) is 17.8 Å². The molecule has 0 saturated carbocycles. The van der Waals surface area contributed by atoms with Crippen LogP contribution in [0.2, 0.25) is 0 Å². The van der Waals surface area contributed by atoms with Gasteiger partial charge in [0.1, 0.15) is 5.82 Å². The molecule has 0 aliphatic carbocycles. The fraction of sp³-hybridized carbons (Fsp3) is 0.400. The third-order valence-electron chi connectivity index (χ3n) is 3.07. The van der Waals surface area contributed by atoms with Crippen molar-refractivity contribution in [1.82, 2.24) is 9.55 Å². The van der Waals surface area contributed by atoms with Crippen LogP contribution >= 0.6 is 11.8 Å². The number of imidazole rings is 1. The first-order valence-electron chi connectivity index (χ1n) is 6.67. The minimum Gasteiger partial charge on any atom is -0.333 e. The number of alkyl halides is 3. The van der Waals surface area contributed by atoms with E-state index in [-0.39, 0.29) is 0 Å². The number of nitrogens with zero attached hydrogens (tertiary/aromatic N) is 2. The number of thioether (sulfide) groups is 1. The third-order valence-corrected chi connectivity index (χ3v) is 4.44. The molecule has 1 aromatic heterocycles. The normalized spacial score (nSPS) is 11.9. The highest BCUT2D eigenvalue weighted by molar-refractivity contribution is 7.99. The summed E-state index contributed by atoms with van der Waals surface area (Å²) in [4.78, 5) is 4.82. The predicted octanol–water partition coefficient (Wildman–Crippen LogP) is 4.92. The van der Waals surface area contributed by atoms with Gasteiger partial charge in [0.05, 0.1) is 0 Å². The van der Waals surface area contributed by atoms with Crippen molar-refractivity contribution in [2.24, 2.45) is 7.05 Å². The van der Waals surface area contributed by atoms with Gasteiger partial charge in [-0.3, -0.25) is 0 Å². The van der Waals surface area contributed by atoms with Gasteiger partial charge in [-0.1, -0.05) is 19.1 Å². The number of aryl methyl sites for hydroxylation is 2. The van der Waals surface area contributed by atoms with Crippen molar-refractivity contribution in [2.45, 2.75) is 31.3 Å². The van der Waals surface area contributed by atoms with Crippen molar-refractivity contribution in [2.75, 3.05) is 5.75 Å². The monoisotopic (exact) mass is 314 g/mol. The Bertz CT molecular complexity index is 632. The van der Waals surface area contributed by atoms with Crippen LogP contribution in [0.25, 0.3) is 11.4 Å². The van der Waals surface area contributed by atoms with E-state index in [1.165, 1.54) is 4.57 Å². The van der Waals surface area contributed by atoms with Gasteiger partial charge in [-0.25, -0.2) is 4.98 Å². The molecule has 0 bridgehead atoms. The SMILES string of the molecule is CCCSc1cc(-c2nc(C(F)(F)F)cn2C)ccc1C. The van der Waals surface area contributed by atoms with Crippen LogP contribution in [-0.4, -0.2) is 15.3 Å². The molecule has 0 N–H and O–H groups in total. The van der Waals surface area contributed by atoms with E-state index in [0.29, 0.717) is 11.4 Å². The minimum atomic E-state index is -4.42. The highest BCUT2D eigenvalue weighted by Crippen LogP contribution is 2.32. The second-order valence-corrected chi connectivity index (χ2v) is 6.02. The summed E-state index contributed by atoms with van der Waals surface area (Å²) in [5.41, 5.74) is 0.975. The molecular formula is C15H17F3N2S. The molecule has 0 atom stereocenters. The number of aromatic nitrogens is 2. The van der Waals surface area contributed by atoms with Gasteiger partial charge >= 0.3 is 6.18 Å². The predicted molar refractivity (Wildman–Crippen MR) is 79.4 cm³/mol. The van der Waals surface area contributed by atoms with E-state index in [4.69, 9.17) is 0 Å². The molecule has 0 aliphatic rings. The van der Waals surface area contributed by atoms with Crippen molar-refractivity contribution in [1.29, 1.82) is 0 Å². The van der Waals surface area contributed by atoms with Crippen LogP contribution in [0.3, 0.4) is 0 Å². The summed E-state index contributed by atoms with van der Waals surface area (Å²) >= 11 is 1.71. The van der Waals surface area contributed by atoms with Gasteiger partial charge in [0.25, 0.3) is 0 Å². The van der Waals surface area contributed by atoms with E-state index in [2.05, 4.69) is 11.9 Å². The maximum atomic E-state index is 12.7. The minimum absolute atomic E-state index is 0.334. The molecule has 2 nitrogen and oxygen atoms in total. The molecule has 0 spiro atoms. The van der Waals surface area contributed by atoms with Gasteiger partial charge < -0.3 is 4.57 Å². The smallest absolute Gasteiger partial charge is 0.333 e. The summed E-state index contributed by atoms with van der Waals surface area (Å²) in [6.45, 7) is 4.10. The number of benzene rings is 1. The molecule has 2 aromatic rings. The first-order chi connectivity index (χ1) is 9.82. The summed E-state index contributed by atoms with van der Waals surface area (Å²) in [6.07, 6.45) is -2.34. The Kier molecular flexibility index (Phi) is 4.66.